The predicted octanol–water partition coefficient (Wildman–Crippen LogP) is 0.378. The zero-order valence-corrected chi connectivity index (χ0v) is 13.2. The first-order valence-corrected chi connectivity index (χ1v) is 7.77. The molecule has 0 radical (unpaired) electrons. The Balaban J connectivity index is 1.89. The molecule has 0 spiro atoms. The molecule has 2 rings (SSSR count). The van der Waals surface area contributed by atoms with Crippen LogP contribution >= 0.6 is 0 Å². The lowest BCUT2D eigenvalue weighted by molar-refractivity contribution is 0.0748. The van der Waals surface area contributed by atoms with Gasteiger partial charge in [-0.25, -0.2) is 0 Å². The van der Waals surface area contributed by atoms with Gasteiger partial charge in [-0.3, -0.25) is 9.69 Å². The molecule has 1 fully saturated rings. The molecule has 1 atom stereocenters. The van der Waals surface area contributed by atoms with E-state index >= 15 is 0 Å². The molecule has 7 nitrogen and oxygen atoms in total. The maximum Gasteiger partial charge on any atom is 0.273 e. The fourth-order valence-electron chi connectivity index (χ4n) is 2.46. The van der Waals surface area contributed by atoms with Gasteiger partial charge in [0, 0.05) is 19.2 Å². The molecule has 3 N–H and O–H groups in total. The summed E-state index contributed by atoms with van der Waals surface area (Å²) in [6, 6.07) is 1.34. The minimum absolute atomic E-state index is 0.107. The molecule has 0 bridgehead atoms. The number of aromatic nitrogens is 1. The minimum Gasteiger partial charge on any atom is -0.394 e. The van der Waals surface area contributed by atoms with Gasteiger partial charge in [0.2, 0.25) is 0 Å². The predicted molar refractivity (Wildman–Crippen MR) is 80.2 cm³/mol. The van der Waals surface area contributed by atoms with E-state index in [-0.39, 0.29) is 36.3 Å². The van der Waals surface area contributed by atoms with Crippen molar-refractivity contribution in [2.75, 3.05) is 19.7 Å². The number of piperidine rings is 1. The second kappa shape index (κ2) is 7.71. The number of hydrogen-bond acceptors (Lipinski definition) is 6. The summed E-state index contributed by atoms with van der Waals surface area (Å²) < 4.78 is 5.21. The molecule has 1 aromatic rings. The molecule has 1 amide bonds. The molecule has 2 heterocycles. The Labute approximate surface area is 130 Å². The second-order valence-corrected chi connectivity index (χ2v) is 6.19. The van der Waals surface area contributed by atoms with Crippen LogP contribution < -0.4 is 5.32 Å². The van der Waals surface area contributed by atoms with E-state index < -0.39 is 0 Å². The summed E-state index contributed by atoms with van der Waals surface area (Å²) in [4.78, 5) is 14.2. The molecule has 124 valence electrons. The number of carbonyl (C=O) groups is 1. The summed E-state index contributed by atoms with van der Waals surface area (Å²) in [5.74, 6) is 0.434. The second-order valence-electron chi connectivity index (χ2n) is 6.19. The first-order chi connectivity index (χ1) is 10.5. The van der Waals surface area contributed by atoms with Gasteiger partial charge in [-0.1, -0.05) is 19.0 Å². The van der Waals surface area contributed by atoms with Gasteiger partial charge >= 0.3 is 0 Å². The van der Waals surface area contributed by atoms with Crippen molar-refractivity contribution in [3.05, 3.63) is 17.5 Å². The molecule has 1 aliphatic heterocycles. The van der Waals surface area contributed by atoms with Crippen LogP contribution in [0.15, 0.2) is 10.6 Å². The average Bonchev–Trinajstić information content (AvgIpc) is 2.95. The Bertz CT molecular complexity index is 481. The van der Waals surface area contributed by atoms with Crippen LogP contribution in [-0.4, -0.2) is 58.0 Å². The lowest BCUT2D eigenvalue weighted by atomic mass is 10.1. The lowest BCUT2D eigenvalue weighted by Crippen LogP contribution is -2.41. The summed E-state index contributed by atoms with van der Waals surface area (Å²) >= 11 is 0. The van der Waals surface area contributed by atoms with E-state index in [9.17, 15) is 15.0 Å². The van der Waals surface area contributed by atoms with Crippen LogP contribution in [-0.2, 0) is 6.54 Å². The van der Waals surface area contributed by atoms with Crippen LogP contribution in [0.1, 0.15) is 42.9 Å². The summed E-state index contributed by atoms with van der Waals surface area (Å²) in [6.45, 7) is 5.96. The van der Waals surface area contributed by atoms with Gasteiger partial charge in [0.1, 0.15) is 0 Å². The maximum absolute atomic E-state index is 12.1. The number of likely N-dealkylation sites (tertiary alicyclic amines) is 1. The Kier molecular flexibility index (Phi) is 5.93. The third-order valence-electron chi connectivity index (χ3n) is 4.05. The van der Waals surface area contributed by atoms with E-state index in [0.29, 0.717) is 12.3 Å². The van der Waals surface area contributed by atoms with Crippen LogP contribution in [0.3, 0.4) is 0 Å². The Morgan fingerprint density at radius 2 is 2.18 bits per heavy atom. The minimum atomic E-state index is -0.336. The summed E-state index contributed by atoms with van der Waals surface area (Å²) in [5.41, 5.74) is 0.228. The number of carbonyl (C=O) groups excluding carboxylic acids is 1. The van der Waals surface area contributed by atoms with E-state index in [4.69, 9.17) is 4.52 Å². The molecule has 0 aliphatic carbocycles. The number of hydrogen-bond donors (Lipinski definition) is 3. The first kappa shape index (κ1) is 16.9. The molecule has 1 aromatic heterocycles. The largest absolute Gasteiger partial charge is 0.394 e. The normalized spacial score (nSPS) is 18.6. The van der Waals surface area contributed by atoms with Gasteiger partial charge in [-0.05, 0) is 18.8 Å². The smallest absolute Gasteiger partial charge is 0.273 e. The Morgan fingerprint density at radius 3 is 2.77 bits per heavy atom. The zero-order valence-electron chi connectivity index (χ0n) is 13.2. The van der Waals surface area contributed by atoms with Crippen LogP contribution in [0, 0.1) is 5.92 Å². The van der Waals surface area contributed by atoms with Gasteiger partial charge in [0.25, 0.3) is 5.91 Å². The van der Waals surface area contributed by atoms with Crippen LogP contribution in [0.25, 0.3) is 0 Å². The Morgan fingerprint density at radius 1 is 1.50 bits per heavy atom. The summed E-state index contributed by atoms with van der Waals surface area (Å²) in [6.07, 6.45) is 1.31. The summed E-state index contributed by atoms with van der Waals surface area (Å²) in [7, 11) is 0. The van der Waals surface area contributed by atoms with Crippen molar-refractivity contribution in [3.8, 4) is 0 Å². The van der Waals surface area contributed by atoms with Gasteiger partial charge in [0.05, 0.1) is 25.3 Å². The summed E-state index contributed by atoms with van der Waals surface area (Å²) in [5, 5.41) is 25.3. The SMILES string of the molecule is CC(C)[C@H](CO)NC(=O)c1cc(CN2CCC(O)CC2)on1. The van der Waals surface area contributed by atoms with Crippen molar-refractivity contribution < 1.29 is 19.5 Å². The zero-order chi connectivity index (χ0) is 16.1. The molecular formula is C15H25N3O4. The number of rotatable bonds is 6. The van der Waals surface area contributed by atoms with Crippen molar-refractivity contribution in [1.82, 2.24) is 15.4 Å². The van der Waals surface area contributed by atoms with Gasteiger partial charge in [-0.15, -0.1) is 0 Å². The first-order valence-electron chi connectivity index (χ1n) is 7.77. The van der Waals surface area contributed by atoms with Crippen LogP contribution in [0.2, 0.25) is 0 Å². The topological polar surface area (TPSA) is 98.8 Å². The third kappa shape index (κ3) is 4.53. The third-order valence-corrected chi connectivity index (χ3v) is 4.05. The van der Waals surface area contributed by atoms with E-state index in [1.807, 2.05) is 13.8 Å². The molecule has 7 heteroatoms. The van der Waals surface area contributed by atoms with E-state index in [2.05, 4.69) is 15.4 Å². The Hall–Kier alpha value is -1.44. The number of nitrogens with one attached hydrogen (secondary N) is 1. The highest BCUT2D eigenvalue weighted by molar-refractivity contribution is 5.92. The molecule has 0 aromatic carbocycles. The van der Waals surface area contributed by atoms with Gasteiger partial charge < -0.3 is 20.1 Å². The molecule has 22 heavy (non-hydrogen) atoms. The monoisotopic (exact) mass is 311 g/mol. The van der Waals surface area contributed by atoms with E-state index in [1.165, 1.54) is 0 Å². The molecule has 0 unspecified atom stereocenters. The van der Waals surface area contributed by atoms with Crippen molar-refractivity contribution in [1.29, 1.82) is 0 Å². The number of amides is 1. The number of nitrogens with zero attached hydrogens (tertiary/aromatic N) is 2. The van der Waals surface area contributed by atoms with Crippen LogP contribution in [0.5, 0.6) is 0 Å². The maximum atomic E-state index is 12.1. The highest BCUT2D eigenvalue weighted by Crippen LogP contribution is 2.14. The standard InChI is InChI=1S/C15H25N3O4/c1-10(2)14(9-19)16-15(21)13-7-12(22-17-13)8-18-5-3-11(20)4-6-18/h7,10-11,14,19-20H,3-6,8-9H2,1-2H3,(H,16,21)/t14-/m0/s1. The van der Waals surface area contributed by atoms with E-state index in [1.54, 1.807) is 6.07 Å². The highest BCUT2D eigenvalue weighted by atomic mass is 16.5. The molecule has 1 aliphatic rings. The van der Waals surface area contributed by atoms with Crippen LogP contribution in [0.4, 0.5) is 0 Å². The van der Waals surface area contributed by atoms with Crippen molar-refractivity contribution in [2.45, 2.75) is 45.4 Å². The number of aliphatic hydroxyl groups excluding tert-OH is 2. The molecule has 1 saturated heterocycles. The molecule has 0 saturated carbocycles. The highest BCUT2D eigenvalue weighted by Gasteiger charge is 2.21. The average molecular weight is 311 g/mol. The quantitative estimate of drug-likeness (QED) is 0.702. The van der Waals surface area contributed by atoms with Gasteiger partial charge in [0.15, 0.2) is 11.5 Å². The van der Waals surface area contributed by atoms with Crippen molar-refractivity contribution >= 4 is 5.91 Å². The number of aliphatic hydroxyl groups is 2. The lowest BCUT2D eigenvalue weighted by Gasteiger charge is -2.28. The fraction of sp³-hybridized carbons (Fsp3) is 0.733. The fourth-order valence-corrected chi connectivity index (χ4v) is 2.46. The van der Waals surface area contributed by atoms with Gasteiger partial charge in [-0.2, -0.15) is 0 Å². The molecular weight excluding hydrogens is 286 g/mol. The van der Waals surface area contributed by atoms with E-state index in [0.717, 1.165) is 25.9 Å². The van der Waals surface area contributed by atoms with Crippen molar-refractivity contribution in [3.63, 3.8) is 0 Å². The van der Waals surface area contributed by atoms with Crippen molar-refractivity contribution in [2.24, 2.45) is 5.92 Å².